The lowest BCUT2D eigenvalue weighted by Crippen LogP contribution is -2.43. The molecule has 1 aliphatic heterocycles. The van der Waals surface area contributed by atoms with Crippen molar-refractivity contribution in [3.63, 3.8) is 0 Å². The molecule has 2 heterocycles. The van der Waals surface area contributed by atoms with Crippen LogP contribution in [0, 0.1) is 0 Å². The Morgan fingerprint density at radius 2 is 2.04 bits per heavy atom. The first-order valence-electron chi connectivity index (χ1n) is 9.31. The number of amides is 1. The van der Waals surface area contributed by atoms with E-state index in [1.165, 1.54) is 0 Å². The second-order valence-electron chi connectivity index (χ2n) is 6.39. The average Bonchev–Trinajstić information content (AvgIpc) is 3.23. The fourth-order valence-electron chi connectivity index (χ4n) is 3.29. The minimum atomic E-state index is -0.134. The highest BCUT2D eigenvalue weighted by atomic mass is 32.1. The van der Waals surface area contributed by atoms with E-state index in [0.717, 1.165) is 35.9 Å². The van der Waals surface area contributed by atoms with E-state index < -0.39 is 0 Å². The maximum atomic E-state index is 12.7. The summed E-state index contributed by atoms with van der Waals surface area (Å²) in [7, 11) is 3.24. The number of morpholine rings is 1. The number of benzene rings is 1. The Morgan fingerprint density at radius 1 is 1.29 bits per heavy atom. The first-order chi connectivity index (χ1) is 13.7. The molecule has 0 bridgehead atoms. The molecule has 8 nitrogen and oxygen atoms in total. The van der Waals surface area contributed by atoms with Gasteiger partial charge in [-0.1, -0.05) is 17.5 Å². The fraction of sp³-hybridized carbons (Fsp3) is 0.526. The van der Waals surface area contributed by atoms with E-state index in [2.05, 4.69) is 19.8 Å². The van der Waals surface area contributed by atoms with E-state index in [9.17, 15) is 4.79 Å². The van der Waals surface area contributed by atoms with Crippen molar-refractivity contribution in [2.75, 3.05) is 47.1 Å². The number of aromatic nitrogens is 2. The van der Waals surface area contributed by atoms with Gasteiger partial charge in [-0.15, -0.1) is 5.10 Å². The molecule has 0 aliphatic carbocycles. The number of hydrogen-bond donors (Lipinski definition) is 1. The summed E-state index contributed by atoms with van der Waals surface area (Å²) >= 11 is 1.13. The Morgan fingerprint density at radius 3 is 2.71 bits per heavy atom. The first-order valence-corrected chi connectivity index (χ1v) is 10.1. The van der Waals surface area contributed by atoms with E-state index in [0.29, 0.717) is 42.6 Å². The molecule has 9 heteroatoms. The zero-order valence-electron chi connectivity index (χ0n) is 16.4. The van der Waals surface area contributed by atoms with Crippen molar-refractivity contribution in [1.82, 2.24) is 19.8 Å². The topological polar surface area (TPSA) is 85.8 Å². The van der Waals surface area contributed by atoms with Crippen molar-refractivity contribution < 1.29 is 19.0 Å². The van der Waals surface area contributed by atoms with Crippen LogP contribution in [0.5, 0.6) is 11.5 Å². The molecule has 1 aromatic heterocycles. The Balaban J connectivity index is 1.80. The van der Waals surface area contributed by atoms with Gasteiger partial charge in [-0.2, -0.15) is 0 Å². The molecule has 1 fully saturated rings. The Labute approximate surface area is 168 Å². The molecule has 1 unspecified atom stereocenters. The van der Waals surface area contributed by atoms with E-state index >= 15 is 0 Å². The molecule has 152 valence electrons. The summed E-state index contributed by atoms with van der Waals surface area (Å²) in [4.78, 5) is 15.6. The van der Waals surface area contributed by atoms with Crippen LogP contribution in [0.15, 0.2) is 18.2 Å². The number of carbonyl (C=O) groups is 1. The standard InChI is InChI=1S/C19H26N4O4S/c1-4-14-18(28-22-21-14)19(24)20-12-15(23-7-9-27-10-8-23)13-5-6-16(25-2)17(11-13)26-3/h5-6,11,15H,4,7-10,12H2,1-3H3,(H,20,24). The van der Waals surface area contributed by atoms with Crippen LogP contribution in [-0.2, 0) is 11.2 Å². The number of rotatable bonds is 8. The van der Waals surface area contributed by atoms with Crippen LogP contribution in [0.4, 0.5) is 0 Å². The summed E-state index contributed by atoms with van der Waals surface area (Å²) < 4.78 is 20.2. The summed E-state index contributed by atoms with van der Waals surface area (Å²) in [6.45, 7) is 5.39. The monoisotopic (exact) mass is 406 g/mol. The third-order valence-corrected chi connectivity index (χ3v) is 5.60. The molecule has 0 radical (unpaired) electrons. The van der Waals surface area contributed by atoms with Crippen molar-refractivity contribution in [2.24, 2.45) is 0 Å². The number of aryl methyl sites for hydroxylation is 1. The number of nitrogens with one attached hydrogen (secondary N) is 1. The van der Waals surface area contributed by atoms with Crippen LogP contribution in [0.3, 0.4) is 0 Å². The van der Waals surface area contributed by atoms with Gasteiger partial charge in [0.1, 0.15) is 4.88 Å². The van der Waals surface area contributed by atoms with Crippen LogP contribution in [0.25, 0.3) is 0 Å². The molecular formula is C19H26N4O4S. The lowest BCUT2D eigenvalue weighted by atomic mass is 10.0. The van der Waals surface area contributed by atoms with E-state index in [-0.39, 0.29) is 11.9 Å². The van der Waals surface area contributed by atoms with Crippen LogP contribution < -0.4 is 14.8 Å². The van der Waals surface area contributed by atoms with Crippen LogP contribution in [0.2, 0.25) is 0 Å². The minimum absolute atomic E-state index is 0.00128. The van der Waals surface area contributed by atoms with Crippen molar-refractivity contribution in [2.45, 2.75) is 19.4 Å². The Kier molecular flexibility index (Phi) is 7.18. The quantitative estimate of drug-likeness (QED) is 0.717. The summed E-state index contributed by atoms with van der Waals surface area (Å²) in [6, 6.07) is 5.88. The molecule has 1 aromatic carbocycles. The van der Waals surface area contributed by atoms with E-state index in [1.54, 1.807) is 14.2 Å². The highest BCUT2D eigenvalue weighted by Crippen LogP contribution is 2.32. The Hall–Kier alpha value is -2.23. The summed E-state index contributed by atoms with van der Waals surface area (Å²) in [5.41, 5.74) is 1.79. The first kappa shape index (κ1) is 20.5. The van der Waals surface area contributed by atoms with Crippen molar-refractivity contribution in [3.8, 4) is 11.5 Å². The predicted octanol–water partition coefficient (Wildman–Crippen LogP) is 1.92. The maximum absolute atomic E-state index is 12.7. The van der Waals surface area contributed by atoms with Gasteiger partial charge >= 0.3 is 0 Å². The lowest BCUT2D eigenvalue weighted by Gasteiger charge is -2.35. The number of hydrogen-bond acceptors (Lipinski definition) is 8. The molecule has 28 heavy (non-hydrogen) atoms. The molecule has 1 saturated heterocycles. The zero-order chi connectivity index (χ0) is 19.9. The van der Waals surface area contributed by atoms with E-state index in [4.69, 9.17) is 14.2 Å². The van der Waals surface area contributed by atoms with Crippen molar-refractivity contribution >= 4 is 17.4 Å². The molecular weight excluding hydrogens is 380 g/mol. The zero-order valence-corrected chi connectivity index (χ0v) is 17.3. The lowest BCUT2D eigenvalue weighted by molar-refractivity contribution is 0.0162. The van der Waals surface area contributed by atoms with Gasteiger partial charge in [0.2, 0.25) is 0 Å². The average molecular weight is 407 g/mol. The molecule has 3 rings (SSSR count). The highest BCUT2D eigenvalue weighted by molar-refractivity contribution is 7.08. The van der Waals surface area contributed by atoms with Gasteiger partial charge in [-0.3, -0.25) is 9.69 Å². The Bertz CT molecular complexity index is 792. The maximum Gasteiger partial charge on any atom is 0.265 e. The van der Waals surface area contributed by atoms with Crippen LogP contribution in [-0.4, -0.2) is 67.5 Å². The fourth-order valence-corrected chi connectivity index (χ4v) is 3.96. The van der Waals surface area contributed by atoms with Gasteiger partial charge in [-0.05, 0) is 35.6 Å². The van der Waals surface area contributed by atoms with Crippen molar-refractivity contribution in [1.29, 1.82) is 0 Å². The van der Waals surface area contributed by atoms with Gasteiger partial charge < -0.3 is 19.5 Å². The molecule has 0 spiro atoms. The molecule has 1 N–H and O–H groups in total. The number of carbonyl (C=O) groups excluding carboxylic acids is 1. The molecule has 2 aromatic rings. The van der Waals surface area contributed by atoms with Gasteiger partial charge in [0.25, 0.3) is 5.91 Å². The van der Waals surface area contributed by atoms with E-state index in [1.807, 2.05) is 25.1 Å². The molecule has 1 atom stereocenters. The van der Waals surface area contributed by atoms with Crippen LogP contribution >= 0.6 is 11.5 Å². The predicted molar refractivity (Wildman–Crippen MR) is 106 cm³/mol. The number of nitrogens with zero attached hydrogens (tertiary/aromatic N) is 3. The second-order valence-corrected chi connectivity index (χ2v) is 7.15. The van der Waals surface area contributed by atoms with Gasteiger partial charge in [0.15, 0.2) is 11.5 Å². The summed E-state index contributed by atoms with van der Waals surface area (Å²) in [5.74, 6) is 1.22. The molecule has 1 aliphatic rings. The SMILES string of the molecule is CCc1nnsc1C(=O)NCC(c1ccc(OC)c(OC)c1)N1CCOCC1. The third kappa shape index (κ3) is 4.60. The smallest absolute Gasteiger partial charge is 0.265 e. The summed E-state index contributed by atoms with van der Waals surface area (Å²) in [5, 5.41) is 7.08. The van der Waals surface area contributed by atoms with Gasteiger partial charge in [0, 0.05) is 19.6 Å². The third-order valence-electron chi connectivity index (χ3n) is 4.83. The number of methoxy groups -OCH3 is 2. The second kappa shape index (κ2) is 9.81. The van der Waals surface area contributed by atoms with Gasteiger partial charge in [-0.25, -0.2) is 0 Å². The number of ether oxygens (including phenoxy) is 3. The van der Waals surface area contributed by atoms with Gasteiger partial charge in [0.05, 0.1) is 39.2 Å². The van der Waals surface area contributed by atoms with Crippen molar-refractivity contribution in [3.05, 3.63) is 34.3 Å². The van der Waals surface area contributed by atoms with Crippen LogP contribution in [0.1, 0.15) is 33.9 Å². The molecule has 1 amide bonds. The minimum Gasteiger partial charge on any atom is -0.493 e. The normalized spacial score (nSPS) is 15.8. The highest BCUT2D eigenvalue weighted by Gasteiger charge is 2.25. The summed E-state index contributed by atoms with van der Waals surface area (Å²) in [6.07, 6.45) is 0.682. The largest absolute Gasteiger partial charge is 0.493 e. The molecule has 0 saturated carbocycles.